The number of hydrogen-bond acceptors (Lipinski definition) is 3. The van der Waals surface area contributed by atoms with Gasteiger partial charge in [-0.1, -0.05) is 31.9 Å². The molecule has 2 aromatic rings. The highest BCUT2D eigenvalue weighted by atomic mass is 79.9. The molecule has 0 aliphatic heterocycles. The summed E-state index contributed by atoms with van der Waals surface area (Å²) >= 11 is 6.68. The molecule has 2 aromatic carbocycles. The summed E-state index contributed by atoms with van der Waals surface area (Å²) in [5, 5.41) is 0. The molecule has 5 nitrogen and oxygen atoms in total. The first-order valence-corrected chi connectivity index (χ1v) is 8.28. The molecule has 2 rings (SSSR count). The van der Waals surface area contributed by atoms with Crippen molar-refractivity contribution in [3.63, 3.8) is 0 Å². The van der Waals surface area contributed by atoms with Crippen molar-refractivity contribution in [2.45, 2.75) is 6.92 Å². The fourth-order valence-electron chi connectivity index (χ4n) is 1.69. The number of aryl methyl sites for hydroxylation is 1. The average molecular weight is 442 g/mol. The van der Waals surface area contributed by atoms with Crippen LogP contribution < -0.4 is 15.6 Å². The lowest BCUT2D eigenvalue weighted by Crippen LogP contribution is -2.43. The van der Waals surface area contributed by atoms with E-state index in [4.69, 9.17) is 4.74 Å². The van der Waals surface area contributed by atoms with Crippen LogP contribution in [0.2, 0.25) is 0 Å². The van der Waals surface area contributed by atoms with E-state index in [2.05, 4.69) is 42.7 Å². The number of hydrazine groups is 1. The number of nitrogens with one attached hydrogen (secondary N) is 2. The molecule has 0 aromatic heterocycles. The van der Waals surface area contributed by atoms with Gasteiger partial charge in [-0.25, -0.2) is 0 Å². The topological polar surface area (TPSA) is 67.4 Å². The van der Waals surface area contributed by atoms with Crippen molar-refractivity contribution < 1.29 is 14.3 Å². The molecule has 7 heteroatoms. The van der Waals surface area contributed by atoms with Gasteiger partial charge in [0.25, 0.3) is 11.8 Å². The summed E-state index contributed by atoms with van der Waals surface area (Å²) in [4.78, 5) is 23.5. The standard InChI is InChI=1S/C16H14Br2N2O3/c1-10-8-13(6-7-14(10)18)23-9-15(21)19-20-16(22)11-2-4-12(17)5-3-11/h2-8H,9H2,1H3,(H,19,21)(H,20,22). The molecular formula is C16H14Br2N2O3. The van der Waals surface area contributed by atoms with Crippen molar-refractivity contribution in [2.24, 2.45) is 0 Å². The molecule has 0 heterocycles. The maximum Gasteiger partial charge on any atom is 0.276 e. The third-order valence-electron chi connectivity index (χ3n) is 2.92. The third-order valence-corrected chi connectivity index (χ3v) is 4.34. The van der Waals surface area contributed by atoms with E-state index in [9.17, 15) is 9.59 Å². The lowest BCUT2D eigenvalue weighted by Gasteiger charge is -2.09. The monoisotopic (exact) mass is 440 g/mol. The largest absolute Gasteiger partial charge is 0.484 e. The predicted molar refractivity (Wildman–Crippen MR) is 94.1 cm³/mol. The zero-order valence-electron chi connectivity index (χ0n) is 12.2. The maximum absolute atomic E-state index is 11.8. The summed E-state index contributed by atoms with van der Waals surface area (Å²) in [5.41, 5.74) is 6.09. The Hall–Kier alpha value is -1.86. The number of carbonyl (C=O) groups is 2. The lowest BCUT2D eigenvalue weighted by atomic mass is 10.2. The van der Waals surface area contributed by atoms with Gasteiger partial charge in [-0.05, 0) is 55.0 Å². The van der Waals surface area contributed by atoms with Crippen LogP contribution in [0.5, 0.6) is 5.75 Å². The Morgan fingerprint density at radius 2 is 1.74 bits per heavy atom. The van der Waals surface area contributed by atoms with E-state index in [1.807, 2.05) is 19.1 Å². The van der Waals surface area contributed by atoms with E-state index >= 15 is 0 Å². The molecule has 2 N–H and O–H groups in total. The SMILES string of the molecule is Cc1cc(OCC(=O)NNC(=O)c2ccc(Br)cc2)ccc1Br. The summed E-state index contributed by atoms with van der Waals surface area (Å²) < 4.78 is 7.21. The van der Waals surface area contributed by atoms with E-state index in [0.717, 1.165) is 14.5 Å². The highest BCUT2D eigenvalue weighted by Crippen LogP contribution is 2.21. The molecule has 0 bridgehead atoms. The van der Waals surface area contributed by atoms with Crippen LogP contribution in [0.1, 0.15) is 15.9 Å². The highest BCUT2D eigenvalue weighted by molar-refractivity contribution is 9.10. The summed E-state index contributed by atoms with van der Waals surface area (Å²) in [6, 6.07) is 12.2. The van der Waals surface area contributed by atoms with Crippen LogP contribution in [0.4, 0.5) is 0 Å². The summed E-state index contributed by atoms with van der Waals surface area (Å²) in [6.07, 6.45) is 0. The Morgan fingerprint density at radius 1 is 1.04 bits per heavy atom. The quantitative estimate of drug-likeness (QED) is 0.715. The van der Waals surface area contributed by atoms with Gasteiger partial charge in [0.15, 0.2) is 6.61 Å². The van der Waals surface area contributed by atoms with Gasteiger partial charge in [0.1, 0.15) is 5.75 Å². The Kier molecular flexibility index (Phi) is 6.18. The molecule has 0 aliphatic carbocycles. The fraction of sp³-hybridized carbons (Fsp3) is 0.125. The molecule has 23 heavy (non-hydrogen) atoms. The molecule has 0 unspecified atom stereocenters. The van der Waals surface area contributed by atoms with E-state index in [1.165, 1.54) is 0 Å². The number of carbonyl (C=O) groups excluding carboxylic acids is 2. The number of ether oxygens (including phenoxy) is 1. The molecule has 0 spiro atoms. The first-order chi connectivity index (χ1) is 11.0. The van der Waals surface area contributed by atoms with E-state index < -0.39 is 11.8 Å². The normalized spacial score (nSPS) is 10.0. The Bertz CT molecular complexity index is 718. The smallest absolute Gasteiger partial charge is 0.276 e. The number of benzene rings is 2. The number of rotatable bonds is 4. The zero-order valence-corrected chi connectivity index (χ0v) is 15.4. The van der Waals surface area contributed by atoms with Crippen LogP contribution in [0.15, 0.2) is 51.4 Å². The first-order valence-electron chi connectivity index (χ1n) is 6.69. The molecule has 120 valence electrons. The molecule has 0 fully saturated rings. The molecule has 0 aliphatic rings. The minimum Gasteiger partial charge on any atom is -0.484 e. The van der Waals surface area contributed by atoms with Crippen LogP contribution in [-0.4, -0.2) is 18.4 Å². The summed E-state index contributed by atoms with van der Waals surface area (Å²) in [6.45, 7) is 1.73. The molecule has 0 saturated carbocycles. The predicted octanol–water partition coefficient (Wildman–Crippen LogP) is 3.36. The Balaban J connectivity index is 1.79. The second-order valence-electron chi connectivity index (χ2n) is 4.71. The second kappa shape index (κ2) is 8.12. The van der Waals surface area contributed by atoms with Crippen LogP contribution in [0, 0.1) is 6.92 Å². The maximum atomic E-state index is 11.8. The van der Waals surface area contributed by atoms with Crippen LogP contribution in [-0.2, 0) is 4.79 Å². The van der Waals surface area contributed by atoms with E-state index in [1.54, 1.807) is 30.3 Å². The molecule has 0 radical (unpaired) electrons. The van der Waals surface area contributed by atoms with Crippen molar-refractivity contribution in [2.75, 3.05) is 6.61 Å². The third kappa shape index (κ3) is 5.37. The van der Waals surface area contributed by atoms with Crippen molar-refractivity contribution in [1.82, 2.24) is 10.9 Å². The van der Waals surface area contributed by atoms with Crippen LogP contribution in [0.25, 0.3) is 0 Å². The highest BCUT2D eigenvalue weighted by Gasteiger charge is 2.08. The number of amides is 2. The van der Waals surface area contributed by atoms with Gasteiger partial charge >= 0.3 is 0 Å². The number of hydrogen-bond donors (Lipinski definition) is 2. The average Bonchev–Trinajstić information content (AvgIpc) is 2.54. The zero-order chi connectivity index (χ0) is 16.8. The van der Waals surface area contributed by atoms with Gasteiger partial charge in [0.05, 0.1) is 0 Å². The second-order valence-corrected chi connectivity index (χ2v) is 6.48. The Labute approximate surface area is 150 Å². The van der Waals surface area contributed by atoms with Crippen molar-refractivity contribution in [3.05, 3.63) is 62.5 Å². The van der Waals surface area contributed by atoms with Crippen LogP contribution >= 0.6 is 31.9 Å². The minimum absolute atomic E-state index is 0.193. The van der Waals surface area contributed by atoms with Gasteiger partial charge < -0.3 is 4.74 Å². The van der Waals surface area contributed by atoms with Crippen molar-refractivity contribution in [1.29, 1.82) is 0 Å². The first kappa shape index (κ1) is 17.5. The molecule has 2 amide bonds. The molecule has 0 saturated heterocycles. The van der Waals surface area contributed by atoms with Crippen molar-refractivity contribution in [3.8, 4) is 5.75 Å². The summed E-state index contributed by atoms with van der Waals surface area (Å²) in [7, 11) is 0. The summed E-state index contributed by atoms with van der Waals surface area (Å²) in [5.74, 6) is -0.263. The molecule has 0 atom stereocenters. The van der Waals surface area contributed by atoms with Gasteiger partial charge in [0.2, 0.25) is 0 Å². The van der Waals surface area contributed by atoms with Crippen LogP contribution in [0.3, 0.4) is 0 Å². The Morgan fingerprint density at radius 3 is 2.39 bits per heavy atom. The number of halogens is 2. The van der Waals surface area contributed by atoms with Crippen molar-refractivity contribution >= 4 is 43.7 Å². The minimum atomic E-state index is -0.448. The van der Waals surface area contributed by atoms with E-state index in [-0.39, 0.29) is 6.61 Å². The lowest BCUT2D eigenvalue weighted by molar-refractivity contribution is -0.123. The fourth-order valence-corrected chi connectivity index (χ4v) is 2.20. The van der Waals surface area contributed by atoms with Gasteiger partial charge in [0, 0.05) is 14.5 Å². The van der Waals surface area contributed by atoms with Gasteiger partial charge in [-0.2, -0.15) is 0 Å². The molecular weight excluding hydrogens is 428 g/mol. The van der Waals surface area contributed by atoms with E-state index in [0.29, 0.717) is 11.3 Å². The van der Waals surface area contributed by atoms with Gasteiger partial charge in [-0.15, -0.1) is 0 Å². The van der Waals surface area contributed by atoms with Gasteiger partial charge in [-0.3, -0.25) is 20.4 Å².